The summed E-state index contributed by atoms with van der Waals surface area (Å²) in [6.07, 6.45) is 3.99. The van der Waals surface area contributed by atoms with E-state index in [4.69, 9.17) is 27.9 Å². The molecule has 2 aromatic carbocycles. The van der Waals surface area contributed by atoms with Gasteiger partial charge in [0.25, 0.3) is 17.4 Å². The van der Waals surface area contributed by atoms with Gasteiger partial charge in [0.05, 0.1) is 29.5 Å². The molecule has 12 heteroatoms. The Morgan fingerprint density at radius 3 is 2.42 bits per heavy atom. The van der Waals surface area contributed by atoms with Gasteiger partial charge in [-0.2, -0.15) is 0 Å². The van der Waals surface area contributed by atoms with Crippen LogP contribution in [0.15, 0.2) is 77.9 Å². The molecule has 5 rings (SSSR count). The number of hydrogen-bond acceptors (Lipinski definition) is 7. The van der Waals surface area contributed by atoms with Gasteiger partial charge in [-0.25, -0.2) is 4.98 Å². The number of halogens is 2. The van der Waals surface area contributed by atoms with Crippen LogP contribution in [0, 0.1) is 0 Å². The van der Waals surface area contributed by atoms with Crippen molar-refractivity contribution in [2.45, 2.75) is 13.0 Å². The number of pyridine rings is 2. The summed E-state index contributed by atoms with van der Waals surface area (Å²) in [5.41, 5.74) is 1.14. The third-order valence-corrected chi connectivity index (χ3v) is 7.43. The van der Waals surface area contributed by atoms with E-state index < -0.39 is 11.8 Å². The van der Waals surface area contributed by atoms with Crippen molar-refractivity contribution in [2.75, 3.05) is 43.5 Å². The number of anilines is 2. The second-order valence-electron chi connectivity index (χ2n) is 9.92. The van der Waals surface area contributed by atoms with Crippen molar-refractivity contribution in [3.8, 4) is 16.9 Å². The van der Waals surface area contributed by atoms with Crippen LogP contribution < -0.4 is 16.2 Å². The van der Waals surface area contributed by atoms with Crippen molar-refractivity contribution < 1.29 is 19.4 Å². The summed E-state index contributed by atoms with van der Waals surface area (Å²) >= 11 is 11.9. The molecule has 0 bridgehead atoms. The lowest BCUT2D eigenvalue weighted by Gasteiger charge is -2.26. The van der Waals surface area contributed by atoms with Gasteiger partial charge in [0, 0.05) is 60.8 Å². The molecule has 1 aliphatic heterocycles. The molecule has 0 aliphatic carbocycles. The van der Waals surface area contributed by atoms with E-state index in [0.29, 0.717) is 22.7 Å². The van der Waals surface area contributed by atoms with Gasteiger partial charge in [-0.1, -0.05) is 35.3 Å². The monoisotopic (exact) mass is 621 g/mol. The third-order valence-electron chi connectivity index (χ3n) is 6.99. The first-order valence-corrected chi connectivity index (χ1v) is 14.4. The fourth-order valence-electron chi connectivity index (χ4n) is 4.75. The van der Waals surface area contributed by atoms with Crippen LogP contribution in [0.5, 0.6) is 5.75 Å². The highest BCUT2D eigenvalue weighted by Crippen LogP contribution is 2.32. The van der Waals surface area contributed by atoms with Crippen LogP contribution in [0.25, 0.3) is 11.1 Å². The number of nitrogens with zero attached hydrogens (tertiary/aromatic N) is 3. The highest BCUT2D eigenvalue weighted by Gasteiger charge is 2.20. The van der Waals surface area contributed by atoms with Gasteiger partial charge in [0.2, 0.25) is 0 Å². The van der Waals surface area contributed by atoms with E-state index in [1.165, 1.54) is 24.4 Å². The van der Waals surface area contributed by atoms with Crippen molar-refractivity contribution in [1.29, 1.82) is 0 Å². The first kappa shape index (κ1) is 30.2. The van der Waals surface area contributed by atoms with E-state index in [1.807, 2.05) is 6.07 Å². The minimum absolute atomic E-state index is 0.0647. The number of aromatic hydroxyl groups is 1. The number of amides is 2. The summed E-state index contributed by atoms with van der Waals surface area (Å²) in [7, 11) is 0. The van der Waals surface area contributed by atoms with E-state index in [-0.39, 0.29) is 39.0 Å². The molecule has 0 radical (unpaired) electrons. The highest BCUT2D eigenvalue weighted by atomic mass is 35.5. The zero-order chi connectivity index (χ0) is 30.3. The van der Waals surface area contributed by atoms with Gasteiger partial charge >= 0.3 is 0 Å². The summed E-state index contributed by atoms with van der Waals surface area (Å²) in [6, 6.07) is 15.7. The van der Waals surface area contributed by atoms with Crippen molar-refractivity contribution in [1.82, 2.24) is 14.5 Å². The number of phenolic OH excluding ortho intramolecular Hbond substituents is 1. The molecule has 1 fully saturated rings. The number of rotatable bonds is 9. The summed E-state index contributed by atoms with van der Waals surface area (Å²) in [4.78, 5) is 45.7. The number of hydrogen-bond donors (Lipinski definition) is 3. The first-order chi connectivity index (χ1) is 20.8. The van der Waals surface area contributed by atoms with Crippen molar-refractivity contribution in [2.24, 2.45) is 0 Å². The fraction of sp³-hybridized carbons (Fsp3) is 0.226. The Hall–Kier alpha value is -4.22. The maximum absolute atomic E-state index is 13.2. The van der Waals surface area contributed by atoms with Gasteiger partial charge in [0.15, 0.2) is 0 Å². The molecular weight excluding hydrogens is 593 g/mol. The minimum Gasteiger partial charge on any atom is -0.506 e. The molecule has 10 nitrogen and oxygen atoms in total. The maximum atomic E-state index is 13.2. The lowest BCUT2D eigenvalue weighted by Crippen LogP contribution is -2.37. The molecule has 3 heterocycles. The van der Waals surface area contributed by atoms with Crippen LogP contribution in [0.2, 0.25) is 10.0 Å². The molecule has 2 amide bonds. The lowest BCUT2D eigenvalue weighted by atomic mass is 10.0. The topological polar surface area (TPSA) is 126 Å². The molecular formula is C31H29Cl2N5O5. The normalized spacial score (nSPS) is 13.4. The summed E-state index contributed by atoms with van der Waals surface area (Å²) < 4.78 is 7.09. The predicted molar refractivity (Wildman–Crippen MR) is 166 cm³/mol. The smallest absolute Gasteiger partial charge is 0.259 e. The number of benzene rings is 2. The molecule has 1 aliphatic rings. The van der Waals surface area contributed by atoms with Gasteiger partial charge in [-0.05, 0) is 54.4 Å². The molecule has 222 valence electrons. The lowest BCUT2D eigenvalue weighted by molar-refractivity contribution is 0.0369. The molecule has 2 aromatic heterocycles. The number of carbonyl (C=O) groups excluding carboxylic acids is 2. The van der Waals surface area contributed by atoms with E-state index in [0.717, 1.165) is 39.3 Å². The second kappa shape index (κ2) is 13.8. The zero-order valence-electron chi connectivity index (χ0n) is 23.1. The van der Waals surface area contributed by atoms with Crippen molar-refractivity contribution >= 4 is 46.5 Å². The van der Waals surface area contributed by atoms with Gasteiger partial charge < -0.3 is 25.0 Å². The number of nitrogens with one attached hydrogen (secondary N) is 2. The Balaban J connectivity index is 1.28. The average molecular weight is 623 g/mol. The molecule has 4 aromatic rings. The summed E-state index contributed by atoms with van der Waals surface area (Å²) in [5, 5.41) is 16.2. The Bertz CT molecular complexity index is 1670. The number of carbonyl (C=O) groups is 2. The second-order valence-corrected chi connectivity index (χ2v) is 10.8. The van der Waals surface area contributed by atoms with Crippen LogP contribution >= 0.6 is 23.2 Å². The quantitative estimate of drug-likeness (QED) is 0.221. The fourth-order valence-corrected chi connectivity index (χ4v) is 5.07. The largest absolute Gasteiger partial charge is 0.506 e. The van der Waals surface area contributed by atoms with E-state index in [9.17, 15) is 19.5 Å². The van der Waals surface area contributed by atoms with E-state index in [2.05, 4.69) is 20.5 Å². The number of ether oxygens (including phenoxy) is 1. The molecule has 1 saturated heterocycles. The maximum Gasteiger partial charge on any atom is 0.259 e. The Morgan fingerprint density at radius 1 is 0.930 bits per heavy atom. The third kappa shape index (κ3) is 7.60. The van der Waals surface area contributed by atoms with Crippen LogP contribution in [-0.2, 0) is 11.3 Å². The minimum atomic E-state index is -0.649. The molecule has 0 atom stereocenters. The number of aryl methyl sites for hydroxylation is 1. The van der Waals surface area contributed by atoms with Crippen LogP contribution in [0.1, 0.15) is 27.1 Å². The summed E-state index contributed by atoms with van der Waals surface area (Å²) in [6.45, 7) is 4.78. The van der Waals surface area contributed by atoms with Gasteiger partial charge in [-0.15, -0.1) is 0 Å². The van der Waals surface area contributed by atoms with Crippen LogP contribution in [0.4, 0.5) is 11.5 Å². The number of phenols is 1. The summed E-state index contributed by atoms with van der Waals surface area (Å²) in [5.74, 6) is -1.39. The highest BCUT2D eigenvalue weighted by molar-refractivity contribution is 6.32. The Kier molecular flexibility index (Phi) is 9.73. The van der Waals surface area contributed by atoms with Crippen molar-refractivity contribution in [3.05, 3.63) is 105 Å². The van der Waals surface area contributed by atoms with E-state index in [1.54, 1.807) is 47.2 Å². The molecule has 0 spiro atoms. The standard InChI is InChI=1S/C31H29Cl2N5O5/c32-22-8-9-27(34-19-22)35-30(41)25-17-23(33)18-26(39)28(25)36-29(40)21-6-4-20(5-7-21)24-3-1-11-38(31(24)42)12-2-10-37-13-15-43-16-14-37/h1,3-9,11,17-19,39H,2,10,12-16H2,(H,36,40)(H,34,35,41). The average Bonchev–Trinajstić information content (AvgIpc) is 3.01. The van der Waals surface area contributed by atoms with Gasteiger partial charge in [0.1, 0.15) is 11.6 Å². The van der Waals surface area contributed by atoms with Crippen LogP contribution in [-0.4, -0.2) is 64.2 Å². The van der Waals surface area contributed by atoms with Crippen molar-refractivity contribution in [3.63, 3.8) is 0 Å². The molecule has 0 unspecified atom stereocenters. The SMILES string of the molecule is O=C(Nc1c(O)cc(Cl)cc1C(=O)Nc1ccc(Cl)cn1)c1ccc(-c2cccn(CCCN3CCOCC3)c2=O)cc1. The Morgan fingerprint density at radius 2 is 1.70 bits per heavy atom. The zero-order valence-corrected chi connectivity index (χ0v) is 24.6. The van der Waals surface area contributed by atoms with E-state index >= 15 is 0 Å². The molecule has 43 heavy (non-hydrogen) atoms. The number of morpholine rings is 1. The number of aromatic nitrogens is 2. The molecule has 3 N–H and O–H groups in total. The molecule has 0 saturated carbocycles. The van der Waals surface area contributed by atoms with Crippen LogP contribution in [0.3, 0.4) is 0 Å². The van der Waals surface area contributed by atoms with Gasteiger partial charge in [-0.3, -0.25) is 19.3 Å². The predicted octanol–water partition coefficient (Wildman–Crippen LogP) is 5.15. The Labute approximate surface area is 257 Å². The first-order valence-electron chi connectivity index (χ1n) is 13.7.